The molecule has 1 aliphatic rings. The highest BCUT2D eigenvalue weighted by Gasteiger charge is 2.42. The first-order valence-corrected chi connectivity index (χ1v) is 7.49. The van der Waals surface area contributed by atoms with Crippen molar-refractivity contribution < 1.29 is 4.74 Å². The molecule has 1 aromatic rings. The van der Waals surface area contributed by atoms with Gasteiger partial charge >= 0.3 is 0 Å². The summed E-state index contributed by atoms with van der Waals surface area (Å²) in [5.41, 5.74) is 2.00. The molecule has 1 aromatic carbocycles. The number of rotatable bonds is 6. The summed E-state index contributed by atoms with van der Waals surface area (Å²) in [5, 5.41) is 0. The maximum atomic E-state index is 5.88. The van der Waals surface area contributed by atoms with Gasteiger partial charge in [-0.15, -0.1) is 0 Å². The molecule has 18 heavy (non-hydrogen) atoms. The van der Waals surface area contributed by atoms with Gasteiger partial charge in [-0.1, -0.05) is 32.9 Å². The van der Waals surface area contributed by atoms with Gasteiger partial charge in [0.1, 0.15) is 5.75 Å². The second-order valence-corrected chi connectivity index (χ2v) is 6.52. The summed E-state index contributed by atoms with van der Waals surface area (Å²) in [6.07, 6.45) is 3.67. The van der Waals surface area contributed by atoms with Crippen LogP contribution in [0.25, 0.3) is 0 Å². The minimum atomic E-state index is 0.251. The largest absolute Gasteiger partial charge is 0.493 e. The number of ether oxygens (including phenoxy) is 1. The van der Waals surface area contributed by atoms with Crippen molar-refractivity contribution in [2.24, 2.45) is 5.41 Å². The molecule has 1 aliphatic carbocycles. The average molecular weight is 264 g/mol. The van der Waals surface area contributed by atoms with Gasteiger partial charge in [0.05, 0.1) is 6.61 Å². The zero-order valence-electron chi connectivity index (χ0n) is 11.7. The van der Waals surface area contributed by atoms with E-state index in [0.29, 0.717) is 5.41 Å². The molecule has 0 atom stereocenters. The van der Waals surface area contributed by atoms with Gasteiger partial charge in [-0.3, -0.25) is 0 Å². The third kappa shape index (κ3) is 3.03. The molecule has 1 saturated carbocycles. The summed E-state index contributed by atoms with van der Waals surface area (Å²) in [7, 11) is 0. The van der Waals surface area contributed by atoms with Crippen molar-refractivity contribution >= 4 is 12.6 Å². The van der Waals surface area contributed by atoms with Crippen LogP contribution in [-0.2, 0) is 5.41 Å². The normalized spacial score (nSPS) is 17.6. The van der Waals surface area contributed by atoms with E-state index < -0.39 is 0 Å². The fourth-order valence-electron chi connectivity index (χ4n) is 1.97. The molecule has 2 heteroatoms. The molecule has 0 bridgehead atoms. The Bertz CT molecular complexity index is 390. The molecule has 1 nitrogen and oxygen atoms in total. The minimum absolute atomic E-state index is 0.251. The molecule has 0 aliphatic heterocycles. The lowest BCUT2D eigenvalue weighted by Gasteiger charge is -2.23. The van der Waals surface area contributed by atoms with Gasteiger partial charge in [-0.25, -0.2) is 0 Å². The van der Waals surface area contributed by atoms with E-state index >= 15 is 0 Å². The van der Waals surface area contributed by atoms with Crippen LogP contribution in [0.1, 0.15) is 45.6 Å². The lowest BCUT2D eigenvalue weighted by Crippen LogP contribution is -2.16. The first-order chi connectivity index (χ1) is 8.51. The smallest absolute Gasteiger partial charge is 0.119 e. The predicted octanol–water partition coefficient (Wildman–Crippen LogP) is 4.46. The number of hydrogen-bond donors (Lipinski definition) is 1. The second-order valence-electron chi connectivity index (χ2n) is 6.21. The van der Waals surface area contributed by atoms with Crippen LogP contribution in [-0.4, -0.2) is 12.4 Å². The Morgan fingerprint density at radius 2 is 1.83 bits per heavy atom. The maximum absolute atomic E-state index is 5.88. The van der Waals surface area contributed by atoms with E-state index in [0.717, 1.165) is 24.5 Å². The molecule has 0 amide bonds. The van der Waals surface area contributed by atoms with Crippen LogP contribution < -0.4 is 4.74 Å². The van der Waals surface area contributed by atoms with Crippen LogP contribution in [0.5, 0.6) is 5.75 Å². The molecule has 2 rings (SSSR count). The highest BCUT2D eigenvalue weighted by atomic mass is 32.1. The van der Waals surface area contributed by atoms with E-state index in [2.05, 4.69) is 57.7 Å². The van der Waals surface area contributed by atoms with E-state index in [4.69, 9.17) is 4.74 Å². The summed E-state index contributed by atoms with van der Waals surface area (Å²) < 4.78 is 5.88. The summed E-state index contributed by atoms with van der Waals surface area (Å²) in [5.74, 6) is 1.92. The first kappa shape index (κ1) is 13.8. The number of hydrogen-bond acceptors (Lipinski definition) is 2. The monoisotopic (exact) mass is 264 g/mol. The van der Waals surface area contributed by atoms with Crippen molar-refractivity contribution in [2.75, 3.05) is 12.4 Å². The van der Waals surface area contributed by atoms with Gasteiger partial charge in [0, 0.05) is 5.41 Å². The lowest BCUT2D eigenvalue weighted by atomic mass is 9.82. The van der Waals surface area contributed by atoms with Gasteiger partial charge in [0.15, 0.2) is 0 Å². The van der Waals surface area contributed by atoms with Crippen LogP contribution >= 0.6 is 12.6 Å². The summed E-state index contributed by atoms with van der Waals surface area (Å²) in [6, 6.07) is 8.58. The van der Waals surface area contributed by atoms with Gasteiger partial charge in [-0.2, -0.15) is 12.6 Å². The molecule has 0 unspecified atom stereocenters. The zero-order valence-corrected chi connectivity index (χ0v) is 12.6. The van der Waals surface area contributed by atoms with E-state index in [1.54, 1.807) is 0 Å². The molecule has 0 spiro atoms. The van der Waals surface area contributed by atoms with Crippen molar-refractivity contribution in [1.29, 1.82) is 0 Å². The Balaban J connectivity index is 1.96. The molecule has 0 radical (unpaired) electrons. The Hall–Kier alpha value is -0.630. The summed E-state index contributed by atoms with van der Waals surface area (Å²) in [4.78, 5) is 0. The minimum Gasteiger partial charge on any atom is -0.493 e. The van der Waals surface area contributed by atoms with E-state index in [-0.39, 0.29) is 5.41 Å². The van der Waals surface area contributed by atoms with Crippen LogP contribution in [0.3, 0.4) is 0 Å². The van der Waals surface area contributed by atoms with Crippen LogP contribution in [0.2, 0.25) is 0 Å². The summed E-state index contributed by atoms with van der Waals surface area (Å²) >= 11 is 4.40. The third-order valence-electron chi connectivity index (χ3n) is 4.36. The quantitative estimate of drug-likeness (QED) is 0.746. The molecule has 1 fully saturated rings. The van der Waals surface area contributed by atoms with Crippen molar-refractivity contribution in [1.82, 2.24) is 0 Å². The number of thiol groups is 1. The standard InChI is InChI=1S/C16H24OS/c1-4-15(2,3)13-5-7-14(8-6-13)17-11-16(12-18)9-10-16/h5-8,18H,4,9-12H2,1-3H3. The van der Waals surface area contributed by atoms with Gasteiger partial charge in [0.25, 0.3) is 0 Å². The summed E-state index contributed by atoms with van der Waals surface area (Å²) in [6.45, 7) is 7.60. The lowest BCUT2D eigenvalue weighted by molar-refractivity contribution is 0.250. The third-order valence-corrected chi connectivity index (χ3v) is 5.03. The zero-order chi connectivity index (χ0) is 13.2. The average Bonchev–Trinajstić information content (AvgIpc) is 3.18. The molecule has 0 N–H and O–H groups in total. The Morgan fingerprint density at radius 1 is 1.22 bits per heavy atom. The van der Waals surface area contributed by atoms with Crippen molar-refractivity contribution in [3.05, 3.63) is 29.8 Å². The Kier molecular flexibility index (Phi) is 3.96. The fourth-order valence-corrected chi connectivity index (χ4v) is 2.38. The van der Waals surface area contributed by atoms with Gasteiger partial charge in [0.2, 0.25) is 0 Å². The van der Waals surface area contributed by atoms with Crippen molar-refractivity contribution in [3.8, 4) is 5.75 Å². The molecular formula is C16H24OS. The van der Waals surface area contributed by atoms with Crippen LogP contribution in [0.4, 0.5) is 0 Å². The number of benzene rings is 1. The molecule has 0 saturated heterocycles. The van der Waals surface area contributed by atoms with Crippen LogP contribution in [0, 0.1) is 5.41 Å². The van der Waals surface area contributed by atoms with Crippen molar-refractivity contribution in [3.63, 3.8) is 0 Å². The van der Waals surface area contributed by atoms with Gasteiger partial charge < -0.3 is 4.74 Å². The second kappa shape index (κ2) is 5.16. The molecular weight excluding hydrogens is 240 g/mol. The molecule has 0 heterocycles. The molecule has 100 valence electrons. The Labute approximate surface area is 116 Å². The van der Waals surface area contributed by atoms with Crippen LogP contribution in [0.15, 0.2) is 24.3 Å². The molecule has 0 aromatic heterocycles. The van der Waals surface area contributed by atoms with E-state index in [9.17, 15) is 0 Å². The fraction of sp³-hybridized carbons (Fsp3) is 0.625. The SMILES string of the molecule is CCC(C)(C)c1ccc(OCC2(CS)CC2)cc1. The maximum Gasteiger partial charge on any atom is 0.119 e. The predicted molar refractivity (Wildman–Crippen MR) is 80.8 cm³/mol. The topological polar surface area (TPSA) is 9.23 Å². The van der Waals surface area contributed by atoms with Crippen molar-refractivity contribution in [2.45, 2.75) is 45.4 Å². The highest BCUT2D eigenvalue weighted by Crippen LogP contribution is 2.46. The van der Waals surface area contributed by atoms with E-state index in [1.807, 2.05) is 0 Å². The Morgan fingerprint density at radius 3 is 2.28 bits per heavy atom. The first-order valence-electron chi connectivity index (χ1n) is 6.86. The van der Waals surface area contributed by atoms with E-state index in [1.165, 1.54) is 18.4 Å². The highest BCUT2D eigenvalue weighted by molar-refractivity contribution is 7.80. The van der Waals surface area contributed by atoms with Gasteiger partial charge in [-0.05, 0) is 48.1 Å².